The van der Waals surface area contributed by atoms with Gasteiger partial charge >= 0.3 is 0 Å². The number of azo groups is 1. The molecule has 2 aromatic heterocycles. The van der Waals surface area contributed by atoms with Gasteiger partial charge in [-0.1, -0.05) is 30.3 Å². The molecule has 0 saturated heterocycles. The van der Waals surface area contributed by atoms with Crippen LogP contribution in [0.1, 0.15) is 0 Å². The van der Waals surface area contributed by atoms with E-state index >= 15 is 0 Å². The molecule has 1 aromatic carbocycles. The Kier molecular flexibility index (Phi) is 4.66. The fourth-order valence-electron chi connectivity index (χ4n) is 2.17. The average molecular weight is 320 g/mol. The minimum Gasteiger partial charge on any atom is -0.372 e. The predicted molar refractivity (Wildman–Crippen MR) is 92.8 cm³/mol. The molecule has 3 rings (SSSR count). The van der Waals surface area contributed by atoms with Gasteiger partial charge in [-0.3, -0.25) is 0 Å². The molecule has 0 amide bonds. The fraction of sp³-hybridized carbons (Fsp3) is 0.125. The summed E-state index contributed by atoms with van der Waals surface area (Å²) in [6, 6.07) is 11.6. The van der Waals surface area contributed by atoms with Crippen LogP contribution >= 0.6 is 0 Å². The normalized spacial score (nSPS) is 10.8. The second kappa shape index (κ2) is 7.23. The average Bonchev–Trinajstić information content (AvgIpc) is 2.67. The largest absolute Gasteiger partial charge is 0.372 e. The van der Waals surface area contributed by atoms with Crippen LogP contribution in [0.5, 0.6) is 0 Å². The maximum Gasteiger partial charge on any atom is 0.272 e. The SMILES string of the molecule is CNc1nc(N=Nc2ncccn2)nc(NC)c1-c1ccccc1. The molecule has 2 N–H and O–H groups in total. The first-order valence-corrected chi connectivity index (χ1v) is 7.33. The van der Waals surface area contributed by atoms with Gasteiger partial charge < -0.3 is 10.6 Å². The highest BCUT2D eigenvalue weighted by Crippen LogP contribution is 2.34. The van der Waals surface area contributed by atoms with E-state index < -0.39 is 0 Å². The number of nitrogens with zero attached hydrogens (tertiary/aromatic N) is 6. The first-order chi connectivity index (χ1) is 11.8. The summed E-state index contributed by atoms with van der Waals surface area (Å²) in [5, 5.41) is 14.1. The van der Waals surface area contributed by atoms with E-state index in [0.717, 1.165) is 11.1 Å². The van der Waals surface area contributed by atoms with E-state index in [1.807, 2.05) is 30.3 Å². The Hall–Kier alpha value is -3.42. The Morgan fingerprint density at radius 1 is 0.750 bits per heavy atom. The molecule has 2 heterocycles. The molecule has 24 heavy (non-hydrogen) atoms. The van der Waals surface area contributed by atoms with Crippen molar-refractivity contribution in [3.05, 3.63) is 48.8 Å². The summed E-state index contributed by atoms with van der Waals surface area (Å²) in [5.74, 6) is 1.79. The van der Waals surface area contributed by atoms with Gasteiger partial charge in [-0.25, -0.2) is 9.97 Å². The molecule has 120 valence electrons. The van der Waals surface area contributed by atoms with Crippen LogP contribution in [0.25, 0.3) is 11.1 Å². The van der Waals surface area contributed by atoms with Crippen LogP contribution in [0.15, 0.2) is 59.0 Å². The van der Waals surface area contributed by atoms with Crippen molar-refractivity contribution in [3.8, 4) is 11.1 Å². The molecule has 8 nitrogen and oxygen atoms in total. The van der Waals surface area contributed by atoms with Gasteiger partial charge in [0.15, 0.2) is 0 Å². The van der Waals surface area contributed by atoms with E-state index in [1.54, 1.807) is 32.6 Å². The Bertz CT molecular complexity index is 808. The second-order valence-electron chi connectivity index (χ2n) is 4.71. The second-order valence-corrected chi connectivity index (χ2v) is 4.71. The highest BCUT2D eigenvalue weighted by molar-refractivity contribution is 5.85. The van der Waals surface area contributed by atoms with E-state index in [0.29, 0.717) is 11.6 Å². The number of anilines is 2. The van der Waals surface area contributed by atoms with Gasteiger partial charge in [-0.15, -0.1) is 10.2 Å². The molecule has 0 atom stereocenters. The highest BCUT2D eigenvalue weighted by Gasteiger charge is 2.14. The van der Waals surface area contributed by atoms with Crippen molar-refractivity contribution in [1.82, 2.24) is 19.9 Å². The quantitative estimate of drug-likeness (QED) is 0.698. The van der Waals surface area contributed by atoms with Crippen LogP contribution < -0.4 is 10.6 Å². The van der Waals surface area contributed by atoms with Crippen molar-refractivity contribution in [1.29, 1.82) is 0 Å². The lowest BCUT2D eigenvalue weighted by molar-refractivity contribution is 1.02. The topological polar surface area (TPSA) is 100 Å². The lowest BCUT2D eigenvalue weighted by Gasteiger charge is -2.13. The van der Waals surface area contributed by atoms with Crippen LogP contribution in [0.4, 0.5) is 23.5 Å². The molecule has 0 radical (unpaired) electrons. The lowest BCUT2D eigenvalue weighted by atomic mass is 10.1. The third-order valence-corrected chi connectivity index (χ3v) is 3.21. The van der Waals surface area contributed by atoms with Crippen molar-refractivity contribution >= 4 is 23.5 Å². The molecule has 0 aliphatic carbocycles. The zero-order chi connectivity index (χ0) is 16.8. The van der Waals surface area contributed by atoms with Gasteiger partial charge in [-0.05, 0) is 11.6 Å². The Balaban J connectivity index is 2.03. The molecule has 0 bridgehead atoms. The molecule has 0 spiro atoms. The third kappa shape index (κ3) is 3.32. The standard InChI is InChI=1S/C16H16N8/c1-17-13-12(11-7-4-3-5-8-11)14(18-2)22-16(21-13)24-23-15-19-9-6-10-20-15/h3-10H,1-2H3,(H2,17,18,21,22). The summed E-state index contributed by atoms with van der Waals surface area (Å²) in [6.45, 7) is 0. The molecule has 0 saturated carbocycles. The number of nitrogens with one attached hydrogen (secondary N) is 2. The van der Waals surface area contributed by atoms with Gasteiger partial charge in [0.1, 0.15) is 11.6 Å². The monoisotopic (exact) mass is 320 g/mol. The van der Waals surface area contributed by atoms with E-state index in [4.69, 9.17) is 0 Å². The smallest absolute Gasteiger partial charge is 0.272 e. The number of hydrogen-bond acceptors (Lipinski definition) is 8. The van der Waals surface area contributed by atoms with Crippen LogP contribution in [-0.2, 0) is 0 Å². The van der Waals surface area contributed by atoms with Crippen LogP contribution in [0.3, 0.4) is 0 Å². The van der Waals surface area contributed by atoms with Gasteiger partial charge in [0.25, 0.3) is 11.9 Å². The van der Waals surface area contributed by atoms with E-state index in [1.165, 1.54) is 0 Å². The summed E-state index contributed by atoms with van der Waals surface area (Å²) < 4.78 is 0. The highest BCUT2D eigenvalue weighted by atomic mass is 15.3. The maximum absolute atomic E-state index is 4.41. The first-order valence-electron chi connectivity index (χ1n) is 7.33. The van der Waals surface area contributed by atoms with Crippen molar-refractivity contribution in [3.63, 3.8) is 0 Å². The minimum absolute atomic E-state index is 0.218. The Morgan fingerprint density at radius 2 is 1.33 bits per heavy atom. The number of rotatable bonds is 5. The Labute approximate surface area is 139 Å². The van der Waals surface area contributed by atoms with Crippen molar-refractivity contribution in [2.75, 3.05) is 24.7 Å². The zero-order valence-corrected chi connectivity index (χ0v) is 13.3. The fourth-order valence-corrected chi connectivity index (χ4v) is 2.17. The molecule has 3 aromatic rings. The van der Waals surface area contributed by atoms with Crippen LogP contribution in [-0.4, -0.2) is 34.0 Å². The summed E-state index contributed by atoms with van der Waals surface area (Å²) in [5.41, 5.74) is 1.87. The number of hydrogen-bond donors (Lipinski definition) is 2. The summed E-state index contributed by atoms with van der Waals surface area (Å²) in [7, 11) is 3.60. The van der Waals surface area contributed by atoms with Gasteiger partial charge in [0.2, 0.25) is 0 Å². The van der Waals surface area contributed by atoms with Crippen LogP contribution in [0.2, 0.25) is 0 Å². The van der Waals surface area contributed by atoms with Gasteiger partial charge in [0.05, 0.1) is 5.56 Å². The first kappa shape index (κ1) is 15.5. The summed E-state index contributed by atoms with van der Waals surface area (Å²) in [4.78, 5) is 16.8. The van der Waals surface area contributed by atoms with Gasteiger partial charge in [-0.2, -0.15) is 9.97 Å². The molecular weight excluding hydrogens is 304 g/mol. The summed E-state index contributed by atoms with van der Waals surface area (Å²) in [6.07, 6.45) is 3.19. The number of aromatic nitrogens is 4. The number of benzene rings is 1. The third-order valence-electron chi connectivity index (χ3n) is 3.21. The molecule has 0 aliphatic rings. The van der Waals surface area contributed by atoms with E-state index in [9.17, 15) is 0 Å². The molecular formula is C16H16N8. The molecule has 0 fully saturated rings. The summed E-state index contributed by atoms with van der Waals surface area (Å²) >= 11 is 0. The molecule has 0 unspecified atom stereocenters. The van der Waals surface area contributed by atoms with Crippen molar-refractivity contribution < 1.29 is 0 Å². The molecule has 8 heteroatoms. The Morgan fingerprint density at radius 3 is 1.92 bits per heavy atom. The zero-order valence-electron chi connectivity index (χ0n) is 13.3. The van der Waals surface area contributed by atoms with Crippen LogP contribution in [0, 0.1) is 0 Å². The van der Waals surface area contributed by atoms with Gasteiger partial charge in [0, 0.05) is 26.5 Å². The van der Waals surface area contributed by atoms with Crippen molar-refractivity contribution in [2.45, 2.75) is 0 Å². The molecule has 0 aliphatic heterocycles. The predicted octanol–water partition coefficient (Wildman–Crippen LogP) is 3.43. The maximum atomic E-state index is 4.41. The van der Waals surface area contributed by atoms with E-state index in [-0.39, 0.29) is 11.9 Å². The minimum atomic E-state index is 0.218. The lowest BCUT2D eigenvalue weighted by Crippen LogP contribution is -2.03. The van der Waals surface area contributed by atoms with E-state index in [2.05, 4.69) is 40.8 Å². The van der Waals surface area contributed by atoms with Crippen molar-refractivity contribution in [2.24, 2.45) is 10.2 Å².